The number of carbonyl (C=O) groups excluding carboxylic acids is 3. The molecule has 0 amide bonds. The number of phenolic OH excluding ortho intramolecular Hbond substituents is 1. The Balaban J connectivity index is 0. The second kappa shape index (κ2) is 21.7. The average molecular weight is 512 g/mol. The zero-order valence-corrected chi connectivity index (χ0v) is 24.0. The summed E-state index contributed by atoms with van der Waals surface area (Å²) >= 11 is 0. The van der Waals surface area contributed by atoms with E-state index in [1.54, 1.807) is 13.0 Å². The molecular formula is C31H45NO5. The maximum absolute atomic E-state index is 10.8. The predicted octanol–water partition coefficient (Wildman–Crippen LogP) is 7.28. The van der Waals surface area contributed by atoms with Gasteiger partial charge in [0.15, 0.2) is 0 Å². The zero-order chi connectivity index (χ0) is 28.8. The van der Waals surface area contributed by atoms with Crippen LogP contribution in [-0.4, -0.2) is 34.7 Å². The maximum atomic E-state index is 10.8. The summed E-state index contributed by atoms with van der Waals surface area (Å²) in [6.07, 6.45) is 3.84. The molecule has 0 radical (unpaired) electrons. The van der Waals surface area contributed by atoms with Crippen molar-refractivity contribution in [2.45, 2.75) is 74.7 Å². The Morgan fingerprint density at radius 3 is 1.92 bits per heavy atom. The summed E-state index contributed by atoms with van der Waals surface area (Å²) < 4.78 is 4.49. The van der Waals surface area contributed by atoms with E-state index in [9.17, 15) is 14.4 Å². The number of hydrogen-bond donors (Lipinski definition) is 1. The number of nitrogens with zero attached hydrogens (tertiary/aromatic N) is 1. The third-order valence-corrected chi connectivity index (χ3v) is 4.67. The molecule has 1 heterocycles. The summed E-state index contributed by atoms with van der Waals surface area (Å²) in [7, 11) is 1.35. The van der Waals surface area contributed by atoms with Gasteiger partial charge in [-0.3, -0.25) is 9.78 Å². The molecule has 0 bridgehead atoms. The number of aryl methyl sites for hydroxylation is 2. The minimum absolute atomic E-state index is 0.112. The van der Waals surface area contributed by atoms with Gasteiger partial charge in [-0.05, 0) is 63.6 Å². The van der Waals surface area contributed by atoms with Gasteiger partial charge >= 0.3 is 5.97 Å². The number of aromatic nitrogens is 1. The van der Waals surface area contributed by atoms with Crippen molar-refractivity contribution in [2.75, 3.05) is 7.11 Å². The first-order valence-corrected chi connectivity index (χ1v) is 12.6. The molecule has 1 unspecified atom stereocenters. The van der Waals surface area contributed by atoms with Crippen molar-refractivity contribution in [1.29, 1.82) is 0 Å². The summed E-state index contributed by atoms with van der Waals surface area (Å²) in [5, 5.41) is 11.6. The number of Topliss-reactive ketones (excluding diaryl/α,β-unsaturated/α-hetero) is 2. The lowest BCUT2D eigenvalue weighted by Gasteiger charge is -2.06. The summed E-state index contributed by atoms with van der Waals surface area (Å²) in [6.45, 7) is 14.4. The van der Waals surface area contributed by atoms with Crippen LogP contribution in [0.2, 0.25) is 0 Å². The number of aromatic hydroxyl groups is 1. The standard InChI is InChI=1S/C10H9N.C8H14O3.C8H10O.C3H6O.C2H6/c1-8-6-9-4-2-3-5-10(9)7-11-8;1-6(8(10)11-3)4-5-7(2)9;1-2-7-5-3-4-6-8(7)9;1-3(2)4;1-2/h2-7H,1H3;6H,4-5H2,1-3H3;3-6,9H,2H2,1H3;1-2H3;1-2H3. The molecule has 3 rings (SSSR count). The number of fused-ring (bicyclic) bond motifs is 1. The number of ether oxygens (including phenoxy) is 1. The van der Waals surface area contributed by atoms with Crippen LogP contribution in [0.3, 0.4) is 0 Å². The second-order valence-electron chi connectivity index (χ2n) is 8.23. The SMILES string of the molecule is CC.CC(C)=O.CCc1ccccc1O.COC(=O)C(C)CCC(C)=O.Cc1cc2ccccc2cn1. The first-order valence-electron chi connectivity index (χ1n) is 12.6. The van der Waals surface area contributed by atoms with Crippen molar-refractivity contribution in [1.82, 2.24) is 4.98 Å². The van der Waals surface area contributed by atoms with E-state index in [-0.39, 0.29) is 23.5 Å². The smallest absolute Gasteiger partial charge is 0.308 e. The van der Waals surface area contributed by atoms with Gasteiger partial charge in [0.25, 0.3) is 0 Å². The van der Waals surface area contributed by atoms with Crippen LogP contribution in [0.15, 0.2) is 60.8 Å². The number of para-hydroxylation sites is 1. The number of esters is 1. The first-order chi connectivity index (χ1) is 17.5. The van der Waals surface area contributed by atoms with Crippen molar-refractivity contribution in [2.24, 2.45) is 5.92 Å². The third kappa shape index (κ3) is 18.4. The molecule has 0 saturated carbocycles. The highest BCUT2D eigenvalue weighted by Gasteiger charge is 2.12. The van der Waals surface area contributed by atoms with Crippen molar-refractivity contribution < 1.29 is 24.2 Å². The fourth-order valence-corrected chi connectivity index (χ4v) is 2.74. The number of methoxy groups -OCH3 is 1. The van der Waals surface area contributed by atoms with Gasteiger partial charge in [-0.25, -0.2) is 0 Å². The normalized spacial score (nSPS) is 9.86. The highest BCUT2D eigenvalue weighted by Crippen LogP contribution is 2.15. The molecule has 1 aromatic heterocycles. The summed E-state index contributed by atoms with van der Waals surface area (Å²) in [4.78, 5) is 34.9. The molecule has 0 aliphatic carbocycles. The van der Waals surface area contributed by atoms with Gasteiger partial charge < -0.3 is 19.4 Å². The van der Waals surface area contributed by atoms with Crippen LogP contribution < -0.4 is 0 Å². The Hall–Kier alpha value is -3.54. The highest BCUT2D eigenvalue weighted by molar-refractivity contribution is 5.81. The van der Waals surface area contributed by atoms with Crippen LogP contribution >= 0.6 is 0 Å². The molecule has 0 spiro atoms. The minimum Gasteiger partial charge on any atom is -0.508 e. The van der Waals surface area contributed by atoms with E-state index >= 15 is 0 Å². The van der Waals surface area contributed by atoms with E-state index in [0.717, 1.165) is 17.7 Å². The first kappa shape index (κ1) is 35.6. The molecule has 1 N–H and O–H groups in total. The molecule has 0 saturated heterocycles. The monoisotopic (exact) mass is 511 g/mol. The van der Waals surface area contributed by atoms with Gasteiger partial charge in [0.2, 0.25) is 0 Å². The number of carbonyl (C=O) groups is 3. The van der Waals surface area contributed by atoms with E-state index in [1.807, 2.05) is 64.2 Å². The predicted molar refractivity (Wildman–Crippen MR) is 153 cm³/mol. The van der Waals surface area contributed by atoms with E-state index in [4.69, 9.17) is 5.11 Å². The number of ketones is 2. The van der Waals surface area contributed by atoms with E-state index in [0.29, 0.717) is 18.6 Å². The summed E-state index contributed by atoms with van der Waals surface area (Å²) in [5.41, 5.74) is 2.08. The fourth-order valence-electron chi connectivity index (χ4n) is 2.74. The van der Waals surface area contributed by atoms with Gasteiger partial charge in [0, 0.05) is 23.7 Å². The average Bonchev–Trinajstić information content (AvgIpc) is 2.88. The Morgan fingerprint density at radius 2 is 1.46 bits per heavy atom. The Kier molecular flexibility index (Phi) is 20.9. The minimum atomic E-state index is -0.244. The summed E-state index contributed by atoms with van der Waals surface area (Å²) in [6, 6.07) is 17.7. The molecular weight excluding hydrogens is 466 g/mol. The van der Waals surface area contributed by atoms with Crippen molar-refractivity contribution in [3.63, 3.8) is 0 Å². The quantitative estimate of drug-likeness (QED) is 0.362. The lowest BCUT2D eigenvalue weighted by molar-refractivity contribution is -0.145. The van der Waals surface area contributed by atoms with Gasteiger partial charge in [-0.15, -0.1) is 0 Å². The molecule has 6 heteroatoms. The van der Waals surface area contributed by atoms with Gasteiger partial charge in [0.1, 0.15) is 17.3 Å². The lowest BCUT2D eigenvalue weighted by atomic mass is 10.0. The third-order valence-electron chi connectivity index (χ3n) is 4.67. The largest absolute Gasteiger partial charge is 0.508 e. The van der Waals surface area contributed by atoms with Crippen molar-refractivity contribution >= 4 is 28.3 Å². The van der Waals surface area contributed by atoms with Crippen LogP contribution in [0.4, 0.5) is 0 Å². The molecule has 3 aromatic rings. The van der Waals surface area contributed by atoms with Crippen LogP contribution in [0.5, 0.6) is 5.75 Å². The van der Waals surface area contributed by atoms with Crippen LogP contribution in [0.25, 0.3) is 10.8 Å². The Bertz CT molecular complexity index is 1060. The van der Waals surface area contributed by atoms with E-state index < -0.39 is 0 Å². The molecule has 37 heavy (non-hydrogen) atoms. The molecule has 0 aliphatic heterocycles. The second-order valence-corrected chi connectivity index (χ2v) is 8.23. The molecule has 2 aromatic carbocycles. The van der Waals surface area contributed by atoms with Crippen LogP contribution in [0.1, 0.15) is 72.6 Å². The lowest BCUT2D eigenvalue weighted by Crippen LogP contribution is -2.13. The Morgan fingerprint density at radius 1 is 0.946 bits per heavy atom. The number of hydrogen-bond acceptors (Lipinski definition) is 6. The Labute approximate surface area is 223 Å². The molecule has 204 valence electrons. The summed E-state index contributed by atoms with van der Waals surface area (Å²) in [5.74, 6) is 0.274. The number of benzene rings is 2. The van der Waals surface area contributed by atoms with Gasteiger partial charge in [0.05, 0.1) is 13.0 Å². The van der Waals surface area contributed by atoms with Crippen LogP contribution in [-0.2, 0) is 25.5 Å². The molecule has 6 nitrogen and oxygen atoms in total. The number of pyridine rings is 1. The number of phenols is 1. The van der Waals surface area contributed by atoms with Crippen molar-refractivity contribution in [3.8, 4) is 5.75 Å². The fraction of sp³-hybridized carbons (Fsp3) is 0.419. The van der Waals surface area contributed by atoms with Crippen LogP contribution in [0, 0.1) is 12.8 Å². The molecule has 0 aliphatic rings. The molecule has 1 atom stereocenters. The topological polar surface area (TPSA) is 93.6 Å². The van der Waals surface area contributed by atoms with Gasteiger partial charge in [-0.2, -0.15) is 0 Å². The molecule has 0 fully saturated rings. The maximum Gasteiger partial charge on any atom is 0.308 e. The van der Waals surface area contributed by atoms with Crippen molar-refractivity contribution in [3.05, 3.63) is 72.1 Å². The van der Waals surface area contributed by atoms with Gasteiger partial charge in [-0.1, -0.05) is 70.2 Å². The van der Waals surface area contributed by atoms with E-state index in [2.05, 4.69) is 27.9 Å². The highest BCUT2D eigenvalue weighted by atomic mass is 16.5. The van der Waals surface area contributed by atoms with E-state index in [1.165, 1.54) is 38.7 Å². The zero-order valence-electron chi connectivity index (χ0n) is 24.0. The number of rotatable bonds is 5.